The van der Waals surface area contributed by atoms with Gasteiger partial charge in [0.1, 0.15) is 23.4 Å². The van der Waals surface area contributed by atoms with Gasteiger partial charge in [0.15, 0.2) is 0 Å². The van der Waals surface area contributed by atoms with Gasteiger partial charge in [-0.25, -0.2) is 14.8 Å². The first-order valence-corrected chi connectivity index (χ1v) is 7.81. The summed E-state index contributed by atoms with van der Waals surface area (Å²) < 4.78 is 6.92. The Hall–Kier alpha value is -3.49. The fourth-order valence-corrected chi connectivity index (χ4v) is 2.42. The predicted octanol–water partition coefficient (Wildman–Crippen LogP) is 3.68. The van der Waals surface area contributed by atoms with Crippen LogP contribution >= 0.6 is 0 Å². The van der Waals surface area contributed by atoms with Gasteiger partial charge in [-0.05, 0) is 32.9 Å². The van der Waals surface area contributed by atoms with E-state index in [9.17, 15) is 14.9 Å². The van der Waals surface area contributed by atoms with E-state index in [-0.39, 0.29) is 5.69 Å². The van der Waals surface area contributed by atoms with Gasteiger partial charge in [-0.15, -0.1) is 0 Å². The first kappa shape index (κ1) is 17.3. The number of aromatic nitrogens is 3. The summed E-state index contributed by atoms with van der Waals surface area (Å²) in [6.07, 6.45) is 2.39. The molecule has 0 spiro atoms. The van der Waals surface area contributed by atoms with Crippen molar-refractivity contribution < 1.29 is 14.5 Å². The minimum absolute atomic E-state index is 0.0227. The Morgan fingerprint density at radius 3 is 2.73 bits per heavy atom. The number of non-ortho nitro benzene ring substituents is 1. The lowest BCUT2D eigenvalue weighted by molar-refractivity contribution is -0.384. The molecule has 134 valence electrons. The highest BCUT2D eigenvalue weighted by atomic mass is 16.6. The third kappa shape index (κ3) is 3.61. The van der Waals surface area contributed by atoms with Crippen LogP contribution in [0.15, 0.2) is 42.9 Å². The largest absolute Gasteiger partial charge is 0.444 e. The van der Waals surface area contributed by atoms with Crippen LogP contribution in [0.25, 0.3) is 16.7 Å². The normalized spacial score (nSPS) is 11.3. The smallest absolute Gasteiger partial charge is 0.413 e. The SMILES string of the molecule is CC(C)(C)OC(=O)Nc1ncnc2c1ccn2-c1cccc([N+](=O)[O-])c1. The van der Waals surface area contributed by atoms with Crippen molar-refractivity contribution in [3.63, 3.8) is 0 Å². The summed E-state index contributed by atoms with van der Waals surface area (Å²) >= 11 is 0. The Kier molecular flexibility index (Phi) is 4.29. The Balaban J connectivity index is 1.98. The fraction of sp³-hybridized carbons (Fsp3) is 0.235. The average Bonchev–Trinajstić information content (AvgIpc) is 2.98. The van der Waals surface area contributed by atoms with Crippen LogP contribution in [-0.4, -0.2) is 31.2 Å². The van der Waals surface area contributed by atoms with Crippen molar-refractivity contribution in [2.75, 3.05) is 5.32 Å². The van der Waals surface area contributed by atoms with Crippen LogP contribution in [0.3, 0.4) is 0 Å². The molecule has 0 aliphatic heterocycles. The van der Waals surface area contributed by atoms with E-state index in [1.165, 1.54) is 18.5 Å². The molecular weight excluding hydrogens is 338 g/mol. The molecule has 0 bridgehead atoms. The van der Waals surface area contributed by atoms with Crippen LogP contribution in [-0.2, 0) is 4.74 Å². The Morgan fingerprint density at radius 2 is 2.04 bits per heavy atom. The number of ether oxygens (including phenoxy) is 1. The van der Waals surface area contributed by atoms with Gasteiger partial charge in [-0.1, -0.05) is 6.07 Å². The molecule has 0 atom stereocenters. The molecule has 3 aromatic rings. The summed E-state index contributed by atoms with van der Waals surface area (Å²) in [5.74, 6) is 0.299. The van der Waals surface area contributed by atoms with E-state index >= 15 is 0 Å². The van der Waals surface area contributed by atoms with Gasteiger partial charge in [0.25, 0.3) is 5.69 Å². The van der Waals surface area contributed by atoms with Gasteiger partial charge in [-0.2, -0.15) is 0 Å². The molecule has 9 heteroatoms. The summed E-state index contributed by atoms with van der Waals surface area (Å²) in [6, 6.07) is 7.92. The van der Waals surface area contributed by atoms with Crippen LogP contribution in [0.4, 0.5) is 16.3 Å². The summed E-state index contributed by atoms with van der Waals surface area (Å²) in [5, 5.41) is 14.2. The number of nitro benzene ring substituents is 1. The number of anilines is 1. The lowest BCUT2D eigenvalue weighted by Crippen LogP contribution is -2.27. The number of nitrogens with zero attached hydrogens (tertiary/aromatic N) is 4. The summed E-state index contributed by atoms with van der Waals surface area (Å²) in [7, 11) is 0. The first-order valence-electron chi connectivity index (χ1n) is 7.81. The summed E-state index contributed by atoms with van der Waals surface area (Å²) in [4.78, 5) is 30.8. The van der Waals surface area contributed by atoms with Crippen molar-refractivity contribution in [3.8, 4) is 5.69 Å². The van der Waals surface area contributed by atoms with Gasteiger partial charge in [0, 0.05) is 18.3 Å². The molecule has 0 aliphatic rings. The molecule has 1 amide bonds. The average molecular weight is 355 g/mol. The third-order valence-corrected chi connectivity index (χ3v) is 3.42. The number of amides is 1. The zero-order valence-corrected chi connectivity index (χ0v) is 14.5. The van der Waals surface area contributed by atoms with Crippen LogP contribution < -0.4 is 5.32 Å². The number of carbonyl (C=O) groups excluding carboxylic acids is 1. The monoisotopic (exact) mass is 355 g/mol. The number of benzene rings is 1. The van der Waals surface area contributed by atoms with Gasteiger partial charge in [0.05, 0.1) is 16.0 Å². The van der Waals surface area contributed by atoms with Gasteiger partial charge < -0.3 is 9.30 Å². The Labute approximate surface area is 148 Å². The molecule has 3 rings (SSSR count). The zero-order chi connectivity index (χ0) is 18.9. The number of nitrogens with one attached hydrogen (secondary N) is 1. The van der Waals surface area contributed by atoms with Crippen LogP contribution in [0.2, 0.25) is 0 Å². The maximum Gasteiger partial charge on any atom is 0.413 e. The Morgan fingerprint density at radius 1 is 1.27 bits per heavy atom. The van der Waals surface area contributed by atoms with Gasteiger partial charge >= 0.3 is 6.09 Å². The molecule has 0 aliphatic carbocycles. The van der Waals surface area contributed by atoms with E-state index in [1.807, 2.05) is 0 Å². The van der Waals surface area contributed by atoms with Crippen LogP contribution in [0, 0.1) is 10.1 Å². The maximum absolute atomic E-state index is 12.0. The first-order chi connectivity index (χ1) is 12.2. The second-order valence-corrected chi connectivity index (χ2v) is 6.55. The standard InChI is InChI=1S/C17H17N5O4/c1-17(2,3)26-16(23)20-14-13-7-8-21(15(13)19-10-18-14)11-5-4-6-12(9-11)22(24)25/h4-10H,1-3H3,(H,18,19,20,23). The lowest BCUT2D eigenvalue weighted by atomic mass is 10.2. The quantitative estimate of drug-likeness (QED) is 0.566. The number of hydrogen-bond donors (Lipinski definition) is 1. The number of fused-ring (bicyclic) bond motifs is 1. The molecule has 26 heavy (non-hydrogen) atoms. The molecular formula is C17H17N5O4. The van der Waals surface area contributed by atoms with E-state index in [4.69, 9.17) is 4.74 Å². The van der Waals surface area contributed by atoms with Crippen molar-refractivity contribution >= 4 is 28.6 Å². The predicted molar refractivity (Wildman–Crippen MR) is 95.4 cm³/mol. The second-order valence-electron chi connectivity index (χ2n) is 6.55. The van der Waals surface area contributed by atoms with Crippen molar-refractivity contribution in [2.45, 2.75) is 26.4 Å². The number of nitro groups is 1. The highest BCUT2D eigenvalue weighted by molar-refractivity contribution is 5.96. The van der Waals surface area contributed by atoms with Gasteiger partial charge in [-0.3, -0.25) is 15.4 Å². The number of rotatable bonds is 3. The highest BCUT2D eigenvalue weighted by Crippen LogP contribution is 2.25. The Bertz CT molecular complexity index is 990. The van der Waals surface area contributed by atoms with Crippen molar-refractivity contribution in [3.05, 3.63) is 53.0 Å². The van der Waals surface area contributed by atoms with Crippen molar-refractivity contribution in [2.24, 2.45) is 0 Å². The maximum atomic E-state index is 12.0. The second kappa shape index (κ2) is 6.43. The van der Waals surface area contributed by atoms with E-state index in [2.05, 4.69) is 15.3 Å². The molecule has 9 nitrogen and oxygen atoms in total. The molecule has 2 aromatic heterocycles. The van der Waals surface area contributed by atoms with Gasteiger partial charge in [0.2, 0.25) is 0 Å². The summed E-state index contributed by atoms with van der Waals surface area (Å²) in [5.41, 5.74) is 0.429. The van der Waals surface area contributed by atoms with E-state index in [1.54, 1.807) is 49.7 Å². The van der Waals surface area contributed by atoms with E-state index in [0.717, 1.165) is 0 Å². The topological polar surface area (TPSA) is 112 Å². The summed E-state index contributed by atoms with van der Waals surface area (Å²) in [6.45, 7) is 5.29. The lowest BCUT2D eigenvalue weighted by Gasteiger charge is -2.19. The minimum Gasteiger partial charge on any atom is -0.444 e. The van der Waals surface area contributed by atoms with Crippen LogP contribution in [0.5, 0.6) is 0 Å². The highest BCUT2D eigenvalue weighted by Gasteiger charge is 2.18. The van der Waals surface area contributed by atoms with Crippen LogP contribution in [0.1, 0.15) is 20.8 Å². The molecule has 0 radical (unpaired) electrons. The molecule has 1 N–H and O–H groups in total. The van der Waals surface area contributed by atoms with Crippen molar-refractivity contribution in [1.82, 2.24) is 14.5 Å². The number of hydrogen-bond acceptors (Lipinski definition) is 6. The minimum atomic E-state index is -0.634. The zero-order valence-electron chi connectivity index (χ0n) is 14.5. The molecule has 2 heterocycles. The van der Waals surface area contributed by atoms with E-state index in [0.29, 0.717) is 22.5 Å². The third-order valence-electron chi connectivity index (χ3n) is 3.42. The molecule has 1 aromatic carbocycles. The fourth-order valence-electron chi connectivity index (χ4n) is 2.42. The molecule has 0 saturated carbocycles. The van der Waals surface area contributed by atoms with E-state index < -0.39 is 16.6 Å². The van der Waals surface area contributed by atoms with Crippen molar-refractivity contribution in [1.29, 1.82) is 0 Å². The molecule has 0 saturated heterocycles. The number of carbonyl (C=O) groups is 1. The molecule has 0 unspecified atom stereocenters. The molecule has 0 fully saturated rings.